The lowest BCUT2D eigenvalue weighted by Gasteiger charge is -2.22. The second kappa shape index (κ2) is 6.15. The maximum absolute atomic E-state index is 4.60. The fraction of sp³-hybridized carbons (Fsp3) is 0.600. The van der Waals surface area contributed by atoms with E-state index in [9.17, 15) is 0 Å². The van der Waals surface area contributed by atoms with Crippen molar-refractivity contribution in [3.63, 3.8) is 0 Å². The summed E-state index contributed by atoms with van der Waals surface area (Å²) in [6, 6.07) is 2.55. The zero-order chi connectivity index (χ0) is 14.8. The summed E-state index contributed by atoms with van der Waals surface area (Å²) in [7, 11) is 1.86. The molecule has 0 saturated carbocycles. The van der Waals surface area contributed by atoms with Crippen LogP contribution in [0.1, 0.15) is 24.6 Å². The van der Waals surface area contributed by atoms with E-state index >= 15 is 0 Å². The maximum Gasteiger partial charge on any atom is 0.225 e. The van der Waals surface area contributed by atoms with Crippen molar-refractivity contribution in [2.45, 2.75) is 32.7 Å². The van der Waals surface area contributed by atoms with Crippen LogP contribution < -0.4 is 10.6 Å². The van der Waals surface area contributed by atoms with Gasteiger partial charge in [0.05, 0.1) is 5.39 Å². The standard InChI is InChI=1S/C15H23N5S/c1-10(9-20-6-4-5-7-20)17-13-12-8-11(2)21-14(12)19-15(16-3)18-13/h8,10H,4-7,9H2,1-3H3,(H2,16,17,18,19). The van der Waals surface area contributed by atoms with Crippen molar-refractivity contribution >= 4 is 33.3 Å². The van der Waals surface area contributed by atoms with Crippen molar-refractivity contribution in [3.8, 4) is 0 Å². The number of anilines is 2. The summed E-state index contributed by atoms with van der Waals surface area (Å²) in [5.41, 5.74) is 0. The lowest BCUT2D eigenvalue weighted by molar-refractivity contribution is 0.327. The van der Waals surface area contributed by atoms with Crippen LogP contribution in [0.5, 0.6) is 0 Å². The smallest absolute Gasteiger partial charge is 0.225 e. The highest BCUT2D eigenvalue weighted by atomic mass is 32.1. The SMILES string of the molecule is CNc1nc(NC(C)CN2CCCC2)c2cc(C)sc2n1. The Morgan fingerprint density at radius 2 is 2.10 bits per heavy atom. The summed E-state index contributed by atoms with van der Waals surface area (Å²) >= 11 is 1.71. The van der Waals surface area contributed by atoms with Gasteiger partial charge in [0.2, 0.25) is 5.95 Å². The zero-order valence-electron chi connectivity index (χ0n) is 12.9. The summed E-state index contributed by atoms with van der Waals surface area (Å²) in [4.78, 5) is 14.0. The van der Waals surface area contributed by atoms with Crippen LogP contribution in [0.4, 0.5) is 11.8 Å². The highest BCUT2D eigenvalue weighted by Gasteiger charge is 2.16. The van der Waals surface area contributed by atoms with Crippen molar-refractivity contribution < 1.29 is 0 Å². The molecule has 1 saturated heterocycles. The van der Waals surface area contributed by atoms with Gasteiger partial charge in [0.1, 0.15) is 10.6 Å². The summed E-state index contributed by atoms with van der Waals surface area (Å²) in [5.74, 6) is 1.63. The monoisotopic (exact) mass is 305 g/mol. The molecule has 5 nitrogen and oxygen atoms in total. The molecule has 3 rings (SSSR count). The van der Waals surface area contributed by atoms with E-state index in [-0.39, 0.29) is 0 Å². The van der Waals surface area contributed by atoms with Gasteiger partial charge in [-0.3, -0.25) is 0 Å². The summed E-state index contributed by atoms with van der Waals surface area (Å²) < 4.78 is 0. The van der Waals surface area contributed by atoms with Gasteiger partial charge in [0, 0.05) is 24.5 Å². The van der Waals surface area contributed by atoms with Gasteiger partial charge in [0.15, 0.2) is 0 Å². The predicted octanol–water partition coefficient (Wildman–Crippen LogP) is 2.94. The van der Waals surface area contributed by atoms with Crippen LogP contribution in [0.25, 0.3) is 10.2 Å². The quantitative estimate of drug-likeness (QED) is 0.889. The zero-order valence-corrected chi connectivity index (χ0v) is 13.8. The minimum Gasteiger partial charge on any atom is -0.366 e. The Morgan fingerprint density at radius 1 is 1.33 bits per heavy atom. The lowest BCUT2D eigenvalue weighted by Crippen LogP contribution is -2.33. The van der Waals surface area contributed by atoms with Crippen LogP contribution in [0, 0.1) is 6.92 Å². The van der Waals surface area contributed by atoms with Gasteiger partial charge in [-0.25, -0.2) is 4.98 Å². The van der Waals surface area contributed by atoms with E-state index in [1.54, 1.807) is 11.3 Å². The molecule has 0 amide bonds. The largest absolute Gasteiger partial charge is 0.366 e. The maximum atomic E-state index is 4.60. The molecule has 114 valence electrons. The predicted molar refractivity (Wildman–Crippen MR) is 90.5 cm³/mol. The summed E-state index contributed by atoms with van der Waals surface area (Å²) in [5, 5.41) is 7.75. The highest BCUT2D eigenvalue weighted by Crippen LogP contribution is 2.29. The number of aryl methyl sites for hydroxylation is 1. The molecule has 1 fully saturated rings. The molecule has 2 N–H and O–H groups in total. The number of likely N-dealkylation sites (tertiary alicyclic amines) is 1. The molecule has 1 aliphatic heterocycles. The number of fused-ring (bicyclic) bond motifs is 1. The Balaban J connectivity index is 1.81. The molecule has 1 unspecified atom stereocenters. The first kappa shape index (κ1) is 14.5. The minimum absolute atomic E-state index is 0.381. The first-order valence-corrected chi connectivity index (χ1v) is 8.42. The number of hydrogen-bond acceptors (Lipinski definition) is 6. The third-order valence-corrected chi connectivity index (χ3v) is 4.80. The second-order valence-electron chi connectivity index (χ2n) is 5.77. The third-order valence-electron chi connectivity index (χ3n) is 3.85. The Kier molecular flexibility index (Phi) is 4.26. The van der Waals surface area contributed by atoms with Gasteiger partial charge in [-0.2, -0.15) is 4.98 Å². The van der Waals surface area contributed by atoms with E-state index in [0.717, 1.165) is 22.6 Å². The molecule has 3 heterocycles. The molecule has 1 aliphatic rings. The van der Waals surface area contributed by atoms with E-state index in [1.807, 2.05) is 7.05 Å². The van der Waals surface area contributed by atoms with Gasteiger partial charge < -0.3 is 15.5 Å². The van der Waals surface area contributed by atoms with Crippen molar-refractivity contribution in [1.82, 2.24) is 14.9 Å². The number of aromatic nitrogens is 2. The molecule has 0 spiro atoms. The molecule has 0 aliphatic carbocycles. The van der Waals surface area contributed by atoms with Gasteiger partial charge >= 0.3 is 0 Å². The van der Waals surface area contributed by atoms with E-state index < -0.39 is 0 Å². The first-order valence-electron chi connectivity index (χ1n) is 7.60. The van der Waals surface area contributed by atoms with Crippen LogP contribution in [-0.2, 0) is 0 Å². The van der Waals surface area contributed by atoms with E-state index in [4.69, 9.17) is 0 Å². The first-order chi connectivity index (χ1) is 10.2. The fourth-order valence-corrected chi connectivity index (χ4v) is 3.77. The van der Waals surface area contributed by atoms with Gasteiger partial charge in [-0.1, -0.05) is 0 Å². The molecule has 21 heavy (non-hydrogen) atoms. The third kappa shape index (κ3) is 3.27. The van der Waals surface area contributed by atoms with E-state index in [2.05, 4.69) is 45.4 Å². The highest BCUT2D eigenvalue weighted by molar-refractivity contribution is 7.18. The Morgan fingerprint density at radius 3 is 2.81 bits per heavy atom. The molecule has 0 aromatic carbocycles. The summed E-state index contributed by atoms with van der Waals surface area (Å²) in [6.07, 6.45) is 2.66. The van der Waals surface area contributed by atoms with E-state index in [1.165, 1.54) is 30.8 Å². The minimum atomic E-state index is 0.381. The van der Waals surface area contributed by atoms with Crippen LogP contribution in [0.15, 0.2) is 6.07 Å². The lowest BCUT2D eigenvalue weighted by atomic mass is 10.3. The summed E-state index contributed by atoms with van der Waals surface area (Å²) in [6.45, 7) is 7.87. The Bertz CT molecular complexity index is 618. The van der Waals surface area contributed by atoms with Crippen LogP contribution in [0.3, 0.4) is 0 Å². The molecule has 6 heteroatoms. The van der Waals surface area contributed by atoms with Crippen LogP contribution >= 0.6 is 11.3 Å². The molecular weight excluding hydrogens is 282 g/mol. The number of hydrogen-bond donors (Lipinski definition) is 2. The molecule has 2 aromatic rings. The van der Waals surface area contributed by atoms with Crippen molar-refractivity contribution in [3.05, 3.63) is 10.9 Å². The van der Waals surface area contributed by atoms with E-state index in [0.29, 0.717) is 12.0 Å². The fourth-order valence-electron chi connectivity index (χ4n) is 2.90. The second-order valence-corrected chi connectivity index (χ2v) is 7.01. The number of rotatable bonds is 5. The average molecular weight is 305 g/mol. The van der Waals surface area contributed by atoms with Crippen molar-refractivity contribution in [1.29, 1.82) is 0 Å². The van der Waals surface area contributed by atoms with Crippen molar-refractivity contribution in [2.24, 2.45) is 0 Å². The number of thiophene rings is 1. The van der Waals surface area contributed by atoms with Gasteiger partial charge in [-0.05, 0) is 45.8 Å². The molecule has 1 atom stereocenters. The number of nitrogens with one attached hydrogen (secondary N) is 2. The van der Waals surface area contributed by atoms with Gasteiger partial charge in [0.25, 0.3) is 0 Å². The number of nitrogens with zero attached hydrogens (tertiary/aromatic N) is 3. The van der Waals surface area contributed by atoms with Gasteiger partial charge in [-0.15, -0.1) is 11.3 Å². The van der Waals surface area contributed by atoms with Crippen LogP contribution in [-0.4, -0.2) is 47.6 Å². The normalized spacial score (nSPS) is 17.3. The Hall–Kier alpha value is -1.40. The van der Waals surface area contributed by atoms with Crippen molar-refractivity contribution in [2.75, 3.05) is 37.3 Å². The van der Waals surface area contributed by atoms with Crippen LogP contribution in [0.2, 0.25) is 0 Å². The Labute approximate surface area is 129 Å². The molecule has 0 bridgehead atoms. The topological polar surface area (TPSA) is 53.1 Å². The molecule has 2 aromatic heterocycles. The molecular formula is C15H23N5S. The average Bonchev–Trinajstić information content (AvgIpc) is 3.06. The molecule has 0 radical (unpaired) electrons.